The number of hydrogen-bond donors (Lipinski definition) is 1. The molecule has 1 N–H and O–H groups in total. The fraction of sp³-hybridized carbons (Fsp3) is 0.667. The van der Waals surface area contributed by atoms with E-state index in [0.29, 0.717) is 5.92 Å². The number of hydrogen-bond acceptors (Lipinski definition) is 2. The van der Waals surface area contributed by atoms with Gasteiger partial charge in [0.25, 0.3) is 0 Å². The molecule has 1 aliphatic rings. The third-order valence-electron chi connectivity index (χ3n) is 2.52. The van der Waals surface area contributed by atoms with Gasteiger partial charge in [0.05, 0.1) is 0 Å². The van der Waals surface area contributed by atoms with Gasteiger partial charge >= 0.3 is 0 Å². The topological polar surface area (TPSA) is 29.9 Å². The van der Waals surface area contributed by atoms with Crippen LogP contribution in [-0.2, 0) is 7.05 Å². The number of aromatic nitrogens is 2. The van der Waals surface area contributed by atoms with Crippen molar-refractivity contribution in [1.82, 2.24) is 14.9 Å². The van der Waals surface area contributed by atoms with Gasteiger partial charge in [0.1, 0.15) is 5.82 Å². The summed E-state index contributed by atoms with van der Waals surface area (Å²) in [6.45, 7) is 2.26. The van der Waals surface area contributed by atoms with E-state index in [-0.39, 0.29) is 0 Å². The lowest BCUT2D eigenvalue weighted by molar-refractivity contribution is 0.439. The standard InChI is InChI=1S/C9H15N3/c1-12-6-5-11-9(12)8-3-2-4-10-7-8/h5-6,8,10H,2-4,7H2,1H3/t8-/m0/s1. The lowest BCUT2D eigenvalue weighted by atomic mass is 9.99. The van der Waals surface area contributed by atoms with Crippen molar-refractivity contribution in [3.8, 4) is 0 Å². The zero-order valence-electron chi connectivity index (χ0n) is 7.45. The molecule has 0 aromatic carbocycles. The number of aryl methyl sites for hydroxylation is 1. The molecule has 0 bridgehead atoms. The second kappa shape index (κ2) is 3.27. The Bertz CT molecular complexity index is 248. The van der Waals surface area contributed by atoms with Gasteiger partial charge in [0.15, 0.2) is 0 Å². The molecule has 1 atom stereocenters. The van der Waals surface area contributed by atoms with Crippen molar-refractivity contribution in [2.24, 2.45) is 7.05 Å². The van der Waals surface area contributed by atoms with Crippen LogP contribution in [0.5, 0.6) is 0 Å². The van der Waals surface area contributed by atoms with Crippen molar-refractivity contribution < 1.29 is 0 Å². The van der Waals surface area contributed by atoms with Crippen LogP contribution in [0.25, 0.3) is 0 Å². The molecule has 0 aliphatic carbocycles. The van der Waals surface area contributed by atoms with E-state index in [4.69, 9.17) is 0 Å². The van der Waals surface area contributed by atoms with Crippen molar-refractivity contribution in [3.05, 3.63) is 18.2 Å². The second-order valence-electron chi connectivity index (χ2n) is 3.44. The van der Waals surface area contributed by atoms with E-state index in [1.165, 1.54) is 25.2 Å². The van der Waals surface area contributed by atoms with Gasteiger partial charge in [-0.05, 0) is 19.4 Å². The quantitative estimate of drug-likeness (QED) is 0.669. The second-order valence-corrected chi connectivity index (χ2v) is 3.44. The molecule has 3 nitrogen and oxygen atoms in total. The Labute approximate surface area is 72.8 Å². The first-order valence-electron chi connectivity index (χ1n) is 4.56. The van der Waals surface area contributed by atoms with E-state index in [1.54, 1.807) is 0 Å². The van der Waals surface area contributed by atoms with E-state index in [0.717, 1.165) is 6.54 Å². The molecular weight excluding hydrogens is 150 g/mol. The van der Waals surface area contributed by atoms with Crippen LogP contribution in [0, 0.1) is 0 Å². The summed E-state index contributed by atoms with van der Waals surface area (Å²) in [4.78, 5) is 4.36. The molecule has 66 valence electrons. The Hall–Kier alpha value is -0.830. The summed E-state index contributed by atoms with van der Waals surface area (Å²) >= 11 is 0. The zero-order valence-corrected chi connectivity index (χ0v) is 7.45. The van der Waals surface area contributed by atoms with Crippen molar-refractivity contribution in [2.45, 2.75) is 18.8 Å². The largest absolute Gasteiger partial charge is 0.338 e. The molecule has 1 saturated heterocycles. The van der Waals surface area contributed by atoms with Crippen LogP contribution in [0.2, 0.25) is 0 Å². The van der Waals surface area contributed by atoms with Gasteiger partial charge in [-0.15, -0.1) is 0 Å². The third kappa shape index (κ3) is 1.37. The minimum absolute atomic E-state index is 0.624. The summed E-state index contributed by atoms with van der Waals surface area (Å²) in [5.41, 5.74) is 0. The van der Waals surface area contributed by atoms with Crippen molar-refractivity contribution >= 4 is 0 Å². The van der Waals surface area contributed by atoms with E-state index < -0.39 is 0 Å². The summed E-state index contributed by atoms with van der Waals surface area (Å²) in [5.74, 6) is 1.85. The van der Waals surface area contributed by atoms with E-state index in [1.807, 2.05) is 12.4 Å². The molecule has 1 aromatic rings. The van der Waals surface area contributed by atoms with E-state index in [9.17, 15) is 0 Å². The molecular formula is C9H15N3. The van der Waals surface area contributed by atoms with Crippen molar-refractivity contribution in [3.63, 3.8) is 0 Å². The molecule has 0 unspecified atom stereocenters. The first-order chi connectivity index (χ1) is 5.88. The smallest absolute Gasteiger partial charge is 0.112 e. The van der Waals surface area contributed by atoms with Gasteiger partial charge in [0.2, 0.25) is 0 Å². The van der Waals surface area contributed by atoms with Crippen LogP contribution in [0.3, 0.4) is 0 Å². The first-order valence-corrected chi connectivity index (χ1v) is 4.56. The normalized spacial score (nSPS) is 24.2. The van der Waals surface area contributed by atoms with Gasteiger partial charge in [-0.25, -0.2) is 4.98 Å². The number of imidazole rings is 1. The summed E-state index contributed by atoms with van der Waals surface area (Å²) in [6, 6.07) is 0. The van der Waals surface area contributed by atoms with E-state index in [2.05, 4.69) is 21.9 Å². The van der Waals surface area contributed by atoms with Crippen LogP contribution < -0.4 is 5.32 Å². The average molecular weight is 165 g/mol. The molecule has 1 fully saturated rings. The molecule has 0 radical (unpaired) electrons. The maximum atomic E-state index is 4.36. The predicted molar refractivity (Wildman–Crippen MR) is 48.1 cm³/mol. The lowest BCUT2D eigenvalue weighted by Crippen LogP contribution is -2.29. The highest BCUT2D eigenvalue weighted by Crippen LogP contribution is 2.20. The summed E-state index contributed by atoms with van der Waals surface area (Å²) < 4.78 is 2.12. The molecule has 2 heterocycles. The molecule has 1 aliphatic heterocycles. The Kier molecular flexibility index (Phi) is 2.13. The monoisotopic (exact) mass is 165 g/mol. The highest BCUT2D eigenvalue weighted by molar-refractivity contribution is 5.01. The van der Waals surface area contributed by atoms with Gasteiger partial charge in [-0.2, -0.15) is 0 Å². The Morgan fingerprint density at radius 1 is 1.67 bits per heavy atom. The summed E-state index contributed by atoms with van der Waals surface area (Å²) in [5, 5.41) is 3.40. The van der Waals surface area contributed by atoms with Gasteiger partial charge in [0, 0.05) is 31.9 Å². The minimum atomic E-state index is 0.624. The molecule has 12 heavy (non-hydrogen) atoms. The fourth-order valence-corrected chi connectivity index (χ4v) is 1.84. The molecule has 0 amide bonds. The van der Waals surface area contributed by atoms with Crippen LogP contribution in [0.15, 0.2) is 12.4 Å². The van der Waals surface area contributed by atoms with Gasteiger partial charge in [-0.3, -0.25) is 0 Å². The van der Waals surface area contributed by atoms with Crippen molar-refractivity contribution in [2.75, 3.05) is 13.1 Å². The highest BCUT2D eigenvalue weighted by atomic mass is 15.0. The van der Waals surface area contributed by atoms with Gasteiger partial charge < -0.3 is 9.88 Å². The fourth-order valence-electron chi connectivity index (χ4n) is 1.84. The molecule has 2 rings (SSSR count). The third-order valence-corrected chi connectivity index (χ3v) is 2.52. The van der Waals surface area contributed by atoms with Crippen LogP contribution in [-0.4, -0.2) is 22.6 Å². The average Bonchev–Trinajstić information content (AvgIpc) is 2.53. The molecule has 0 spiro atoms. The predicted octanol–water partition coefficient (Wildman–Crippen LogP) is 0.887. The number of rotatable bonds is 1. The first kappa shape index (κ1) is 7.80. The van der Waals surface area contributed by atoms with Crippen LogP contribution in [0.1, 0.15) is 24.6 Å². The SMILES string of the molecule is Cn1ccnc1[C@H]1CCCNC1. The van der Waals surface area contributed by atoms with Crippen LogP contribution in [0.4, 0.5) is 0 Å². The summed E-state index contributed by atoms with van der Waals surface area (Å²) in [6.07, 6.45) is 6.45. The van der Waals surface area contributed by atoms with Crippen LogP contribution >= 0.6 is 0 Å². The van der Waals surface area contributed by atoms with E-state index >= 15 is 0 Å². The molecule has 0 saturated carbocycles. The van der Waals surface area contributed by atoms with Gasteiger partial charge in [-0.1, -0.05) is 0 Å². The highest BCUT2D eigenvalue weighted by Gasteiger charge is 2.17. The number of nitrogens with one attached hydrogen (secondary N) is 1. The Morgan fingerprint density at radius 2 is 2.58 bits per heavy atom. The number of piperidine rings is 1. The Balaban J connectivity index is 2.13. The maximum absolute atomic E-state index is 4.36. The zero-order chi connectivity index (χ0) is 8.39. The minimum Gasteiger partial charge on any atom is -0.338 e. The summed E-state index contributed by atoms with van der Waals surface area (Å²) in [7, 11) is 2.07. The maximum Gasteiger partial charge on any atom is 0.112 e. The lowest BCUT2D eigenvalue weighted by Gasteiger charge is -2.22. The molecule has 1 aromatic heterocycles. The Morgan fingerprint density at radius 3 is 3.17 bits per heavy atom. The number of nitrogens with zero attached hydrogens (tertiary/aromatic N) is 2. The molecule has 3 heteroatoms. The van der Waals surface area contributed by atoms with Crippen molar-refractivity contribution in [1.29, 1.82) is 0 Å².